The van der Waals surface area contributed by atoms with Crippen LogP contribution in [0.4, 0.5) is 10.5 Å². The summed E-state index contributed by atoms with van der Waals surface area (Å²) in [5, 5.41) is 1.34. The van der Waals surface area contributed by atoms with Gasteiger partial charge in [-0.25, -0.2) is 4.79 Å². The molecule has 0 atom stereocenters. The van der Waals surface area contributed by atoms with E-state index >= 15 is 0 Å². The van der Waals surface area contributed by atoms with E-state index in [1.54, 1.807) is 31.0 Å². The van der Waals surface area contributed by atoms with Gasteiger partial charge in [0.15, 0.2) is 0 Å². The topological polar surface area (TPSA) is 79.4 Å². The van der Waals surface area contributed by atoms with E-state index in [-0.39, 0.29) is 30.0 Å². The lowest BCUT2D eigenvalue weighted by molar-refractivity contribution is -0.116. The second-order valence-electron chi connectivity index (χ2n) is 13.4. The summed E-state index contributed by atoms with van der Waals surface area (Å²) in [6.45, 7) is 7.45. The molecule has 1 aliphatic rings. The maximum absolute atomic E-state index is 14.5. The van der Waals surface area contributed by atoms with Crippen molar-refractivity contribution >= 4 is 56.6 Å². The quantitative estimate of drug-likeness (QED) is 0.184. The molecule has 1 aliphatic carbocycles. The van der Waals surface area contributed by atoms with E-state index in [4.69, 9.17) is 21.1 Å². The molecular formula is C38H44ClN3O5S. The van der Waals surface area contributed by atoms with E-state index < -0.39 is 5.60 Å². The minimum Gasteiger partial charge on any atom is -0.496 e. The fourth-order valence-electron chi connectivity index (χ4n) is 6.21. The standard InChI is InChI=1S/C38H44ClN3O5S/c1-24(43)40(5)28-15-12-25(13-16-28)26-14-21-32(46-7)27(22-26)23-42(36(44)35-34(39)31-10-8-9-11-33(31)48-35)30-19-17-29(18-20-30)41(6)37(45)47-38(2,3)4/h8-16,21-22,29-30H,17-20,23H2,1-7H3. The van der Waals surface area contributed by atoms with Gasteiger partial charge in [0.2, 0.25) is 5.91 Å². The number of thiophene rings is 1. The smallest absolute Gasteiger partial charge is 0.410 e. The third-order valence-electron chi connectivity index (χ3n) is 9.01. The van der Waals surface area contributed by atoms with Crippen LogP contribution >= 0.6 is 22.9 Å². The molecule has 1 aromatic heterocycles. The Bertz CT molecular complexity index is 1790. The third kappa shape index (κ3) is 7.79. The second-order valence-corrected chi connectivity index (χ2v) is 14.8. The van der Waals surface area contributed by atoms with Crippen LogP contribution in [0, 0.1) is 0 Å². The van der Waals surface area contributed by atoms with Gasteiger partial charge in [-0.3, -0.25) is 9.59 Å². The molecule has 3 aromatic carbocycles. The van der Waals surface area contributed by atoms with Gasteiger partial charge < -0.3 is 24.2 Å². The summed E-state index contributed by atoms with van der Waals surface area (Å²) in [4.78, 5) is 45.0. The first-order valence-corrected chi connectivity index (χ1v) is 17.4. The molecule has 1 heterocycles. The van der Waals surface area contributed by atoms with E-state index in [9.17, 15) is 14.4 Å². The van der Waals surface area contributed by atoms with E-state index in [2.05, 4.69) is 6.07 Å². The fourth-order valence-corrected chi connectivity index (χ4v) is 7.68. The summed E-state index contributed by atoms with van der Waals surface area (Å²) in [5.41, 5.74) is 3.06. The van der Waals surface area contributed by atoms with Crippen LogP contribution in [0.2, 0.25) is 5.02 Å². The van der Waals surface area contributed by atoms with Crippen LogP contribution < -0.4 is 9.64 Å². The zero-order valence-corrected chi connectivity index (χ0v) is 30.3. The normalized spacial score (nSPS) is 16.3. The van der Waals surface area contributed by atoms with Crippen molar-refractivity contribution < 1.29 is 23.9 Å². The van der Waals surface area contributed by atoms with Crippen molar-refractivity contribution in [3.05, 3.63) is 82.2 Å². The SMILES string of the molecule is COc1ccc(-c2ccc(N(C)C(C)=O)cc2)cc1CN(C(=O)c1sc2ccccc2c1Cl)C1CCC(N(C)C(=O)OC(C)(C)C)CC1. The Balaban J connectivity index is 1.45. The van der Waals surface area contributed by atoms with Gasteiger partial charge >= 0.3 is 6.09 Å². The number of anilines is 1. The van der Waals surface area contributed by atoms with Crippen molar-refractivity contribution in [3.8, 4) is 16.9 Å². The van der Waals surface area contributed by atoms with Crippen LogP contribution in [0.3, 0.4) is 0 Å². The first-order valence-electron chi connectivity index (χ1n) is 16.2. The first kappa shape index (κ1) is 35.2. The largest absolute Gasteiger partial charge is 0.496 e. The Labute approximate surface area is 292 Å². The lowest BCUT2D eigenvalue weighted by atomic mass is 9.89. The lowest BCUT2D eigenvalue weighted by Crippen LogP contribution is -2.47. The van der Waals surface area contributed by atoms with Gasteiger partial charge in [0.25, 0.3) is 5.91 Å². The molecule has 0 bridgehead atoms. The van der Waals surface area contributed by atoms with Gasteiger partial charge in [-0.2, -0.15) is 0 Å². The predicted octanol–water partition coefficient (Wildman–Crippen LogP) is 9.03. The summed E-state index contributed by atoms with van der Waals surface area (Å²) in [6.07, 6.45) is 2.59. The number of halogens is 1. The van der Waals surface area contributed by atoms with Crippen LogP contribution in [-0.2, 0) is 16.1 Å². The molecule has 0 aliphatic heterocycles. The number of benzene rings is 3. The number of carbonyl (C=O) groups excluding carboxylic acids is 3. The zero-order chi connectivity index (χ0) is 34.7. The molecule has 10 heteroatoms. The van der Waals surface area contributed by atoms with Gasteiger partial charge in [-0.15, -0.1) is 11.3 Å². The zero-order valence-electron chi connectivity index (χ0n) is 28.7. The molecule has 0 unspecified atom stereocenters. The highest BCUT2D eigenvalue weighted by Crippen LogP contribution is 2.39. The van der Waals surface area contributed by atoms with Crippen LogP contribution in [0.15, 0.2) is 66.7 Å². The maximum Gasteiger partial charge on any atom is 0.410 e. The Hall–Kier alpha value is -4.08. The summed E-state index contributed by atoms with van der Waals surface area (Å²) in [7, 11) is 5.18. The number of hydrogen-bond acceptors (Lipinski definition) is 6. The van der Waals surface area contributed by atoms with Crippen molar-refractivity contribution in [2.45, 2.75) is 77.6 Å². The van der Waals surface area contributed by atoms with Gasteiger partial charge in [0, 0.05) is 61.0 Å². The molecule has 254 valence electrons. The average molecular weight is 690 g/mol. The number of methoxy groups -OCH3 is 1. The lowest BCUT2D eigenvalue weighted by Gasteiger charge is -2.40. The molecule has 5 rings (SSSR count). The van der Waals surface area contributed by atoms with Crippen molar-refractivity contribution in [2.75, 3.05) is 26.1 Å². The molecule has 0 saturated heterocycles. The number of ether oxygens (including phenoxy) is 2. The van der Waals surface area contributed by atoms with E-state index in [1.807, 2.05) is 86.3 Å². The summed E-state index contributed by atoms with van der Waals surface area (Å²) >= 11 is 8.28. The number of nitrogens with zero attached hydrogens (tertiary/aromatic N) is 3. The van der Waals surface area contributed by atoms with Crippen LogP contribution in [0.1, 0.15) is 68.6 Å². The molecule has 0 radical (unpaired) electrons. The molecule has 1 fully saturated rings. The Morgan fingerprint density at radius 3 is 2.12 bits per heavy atom. The molecule has 0 N–H and O–H groups in total. The highest BCUT2D eigenvalue weighted by Gasteiger charge is 2.35. The Kier molecular flexibility index (Phi) is 10.7. The number of carbonyl (C=O) groups is 3. The van der Waals surface area contributed by atoms with Gasteiger partial charge in [0.05, 0.1) is 12.1 Å². The second kappa shape index (κ2) is 14.6. The van der Waals surface area contributed by atoms with Crippen LogP contribution in [0.25, 0.3) is 21.2 Å². The molecule has 1 saturated carbocycles. The third-order valence-corrected chi connectivity index (χ3v) is 10.7. The first-order chi connectivity index (χ1) is 22.8. The molecule has 0 spiro atoms. The van der Waals surface area contributed by atoms with Gasteiger partial charge in [0.1, 0.15) is 16.2 Å². The summed E-state index contributed by atoms with van der Waals surface area (Å²) in [5.74, 6) is 0.531. The van der Waals surface area contributed by atoms with Crippen LogP contribution in [-0.4, -0.2) is 66.6 Å². The highest BCUT2D eigenvalue weighted by atomic mass is 35.5. The van der Waals surface area contributed by atoms with E-state index in [0.717, 1.165) is 58.1 Å². The van der Waals surface area contributed by atoms with Crippen LogP contribution in [0.5, 0.6) is 5.75 Å². The van der Waals surface area contributed by atoms with E-state index in [1.165, 1.54) is 18.3 Å². The van der Waals surface area contributed by atoms with Crippen molar-refractivity contribution in [3.63, 3.8) is 0 Å². The average Bonchev–Trinajstić information content (AvgIpc) is 3.41. The Morgan fingerprint density at radius 1 is 0.896 bits per heavy atom. The molecule has 48 heavy (non-hydrogen) atoms. The number of hydrogen-bond donors (Lipinski definition) is 0. The fraction of sp³-hybridized carbons (Fsp3) is 0.395. The summed E-state index contributed by atoms with van der Waals surface area (Å²) < 4.78 is 12.4. The van der Waals surface area contributed by atoms with Gasteiger partial charge in [-0.1, -0.05) is 48.0 Å². The van der Waals surface area contributed by atoms with Crippen molar-refractivity contribution in [1.82, 2.24) is 9.80 Å². The molecule has 3 amide bonds. The minimum atomic E-state index is -0.574. The monoisotopic (exact) mass is 689 g/mol. The maximum atomic E-state index is 14.5. The van der Waals surface area contributed by atoms with E-state index in [0.29, 0.717) is 22.2 Å². The predicted molar refractivity (Wildman–Crippen MR) is 194 cm³/mol. The highest BCUT2D eigenvalue weighted by molar-refractivity contribution is 7.21. The number of rotatable bonds is 8. The number of fused-ring (bicyclic) bond motifs is 1. The minimum absolute atomic E-state index is 0.0175. The van der Waals surface area contributed by atoms with Gasteiger partial charge in [-0.05, 0) is 87.9 Å². The number of amides is 3. The van der Waals surface area contributed by atoms with Crippen molar-refractivity contribution in [2.24, 2.45) is 0 Å². The molecule has 8 nitrogen and oxygen atoms in total. The molecule has 4 aromatic rings. The van der Waals surface area contributed by atoms with Crippen molar-refractivity contribution in [1.29, 1.82) is 0 Å². The summed E-state index contributed by atoms with van der Waals surface area (Å²) in [6, 6.07) is 21.6. The molecular weight excluding hydrogens is 646 g/mol. The Morgan fingerprint density at radius 2 is 1.52 bits per heavy atom.